The second-order valence-electron chi connectivity index (χ2n) is 7.08. The number of nitrogen functional groups attached to an aromatic ring is 1. The minimum absolute atomic E-state index is 0.0147. The van der Waals surface area contributed by atoms with E-state index >= 15 is 0 Å². The first-order chi connectivity index (χ1) is 14.8. The fourth-order valence-corrected chi connectivity index (χ4v) is 3.55. The second-order valence-corrected chi connectivity index (χ2v) is 7.08. The summed E-state index contributed by atoms with van der Waals surface area (Å²) in [6.07, 6.45) is -4.43. The molecule has 0 atom stereocenters. The summed E-state index contributed by atoms with van der Waals surface area (Å²) in [6.45, 7) is 1.15. The Hall–Kier alpha value is -3.56. The van der Waals surface area contributed by atoms with Crippen LogP contribution >= 0.6 is 0 Å². The number of nitrogens with two attached hydrogens (primary N) is 1. The fourth-order valence-electron chi connectivity index (χ4n) is 3.55. The summed E-state index contributed by atoms with van der Waals surface area (Å²) in [5.41, 5.74) is 5.57. The first-order valence-electron chi connectivity index (χ1n) is 9.47. The minimum Gasteiger partial charge on any atom is -0.368 e. The molecular formula is C21H18F4N4O2. The summed E-state index contributed by atoms with van der Waals surface area (Å²) < 4.78 is 58.1. The van der Waals surface area contributed by atoms with Crippen LogP contribution in [0.2, 0.25) is 0 Å². The Bertz CT molecular complexity index is 1100. The molecule has 10 heteroatoms. The van der Waals surface area contributed by atoms with Gasteiger partial charge in [0, 0.05) is 37.4 Å². The molecule has 1 amide bonds. The van der Waals surface area contributed by atoms with Crippen LogP contribution in [0.15, 0.2) is 53.1 Å². The van der Waals surface area contributed by atoms with Crippen molar-refractivity contribution in [2.75, 3.05) is 36.8 Å². The van der Waals surface area contributed by atoms with Crippen molar-refractivity contribution >= 4 is 17.5 Å². The first kappa shape index (κ1) is 20.7. The van der Waals surface area contributed by atoms with Gasteiger partial charge in [0.25, 0.3) is 5.91 Å². The Morgan fingerprint density at radius 3 is 2.42 bits per heavy atom. The lowest BCUT2D eigenvalue weighted by Gasteiger charge is -2.36. The number of halogens is 4. The van der Waals surface area contributed by atoms with Crippen molar-refractivity contribution in [3.05, 3.63) is 65.5 Å². The lowest BCUT2D eigenvalue weighted by atomic mass is 10.1. The van der Waals surface area contributed by atoms with Crippen molar-refractivity contribution in [1.82, 2.24) is 10.1 Å². The van der Waals surface area contributed by atoms with Gasteiger partial charge in [-0.2, -0.15) is 13.2 Å². The summed E-state index contributed by atoms with van der Waals surface area (Å²) in [7, 11) is 0. The van der Waals surface area contributed by atoms with Gasteiger partial charge >= 0.3 is 6.18 Å². The maximum absolute atomic E-state index is 14.2. The van der Waals surface area contributed by atoms with Crippen LogP contribution in [0.1, 0.15) is 15.9 Å². The highest BCUT2D eigenvalue weighted by molar-refractivity contribution is 6.03. The van der Waals surface area contributed by atoms with Gasteiger partial charge in [0.15, 0.2) is 0 Å². The van der Waals surface area contributed by atoms with Crippen LogP contribution in [-0.2, 0) is 6.18 Å². The number of piperazine rings is 1. The zero-order valence-corrected chi connectivity index (χ0v) is 16.2. The molecule has 0 unspecified atom stereocenters. The van der Waals surface area contributed by atoms with Crippen LogP contribution < -0.4 is 10.6 Å². The number of anilines is 2. The predicted octanol–water partition coefficient (Wildman–Crippen LogP) is 4.04. The number of benzene rings is 2. The van der Waals surface area contributed by atoms with E-state index in [9.17, 15) is 22.4 Å². The van der Waals surface area contributed by atoms with E-state index in [1.54, 1.807) is 17.0 Å². The maximum Gasteiger partial charge on any atom is 0.416 e. The second kappa shape index (κ2) is 7.93. The van der Waals surface area contributed by atoms with Crippen LogP contribution in [0.5, 0.6) is 0 Å². The average Bonchev–Trinajstić information content (AvgIpc) is 3.14. The molecule has 0 radical (unpaired) electrons. The van der Waals surface area contributed by atoms with E-state index in [4.69, 9.17) is 10.3 Å². The molecule has 31 heavy (non-hydrogen) atoms. The van der Waals surface area contributed by atoms with Gasteiger partial charge in [-0.05, 0) is 30.3 Å². The number of alkyl halides is 3. The van der Waals surface area contributed by atoms with Gasteiger partial charge < -0.3 is 20.1 Å². The molecule has 162 valence electrons. The Balaban J connectivity index is 1.51. The quantitative estimate of drug-likeness (QED) is 0.630. The van der Waals surface area contributed by atoms with Crippen LogP contribution in [-0.4, -0.2) is 42.1 Å². The largest absolute Gasteiger partial charge is 0.416 e. The highest BCUT2D eigenvalue weighted by Crippen LogP contribution is 2.33. The zero-order valence-electron chi connectivity index (χ0n) is 16.2. The normalized spacial score (nSPS) is 14.7. The predicted molar refractivity (Wildman–Crippen MR) is 106 cm³/mol. The van der Waals surface area contributed by atoms with Gasteiger partial charge in [0.05, 0.1) is 5.56 Å². The number of carbonyl (C=O) groups is 1. The molecular weight excluding hydrogens is 416 g/mol. The fraction of sp³-hybridized carbons (Fsp3) is 0.238. The Morgan fingerprint density at radius 2 is 1.74 bits per heavy atom. The van der Waals surface area contributed by atoms with Crippen molar-refractivity contribution in [2.24, 2.45) is 0 Å². The molecule has 2 aromatic carbocycles. The average molecular weight is 434 g/mol. The van der Waals surface area contributed by atoms with E-state index < -0.39 is 23.5 Å². The van der Waals surface area contributed by atoms with Gasteiger partial charge in [-0.25, -0.2) is 4.39 Å². The summed E-state index contributed by atoms with van der Waals surface area (Å²) in [5, 5.41) is 3.75. The standard InChI is InChI=1S/C21H18F4N4O2/c22-16-7-2-1-6-15(16)18-17(19(26)31-27-18)20(30)29-10-8-28(9-11-29)14-5-3-4-13(12-14)21(23,24)25/h1-7,12H,8-11,26H2. The van der Waals surface area contributed by atoms with Gasteiger partial charge in [0.1, 0.15) is 17.1 Å². The SMILES string of the molecule is Nc1onc(-c2ccccc2F)c1C(=O)N1CCN(c2cccc(C(F)(F)F)c2)CC1. The third kappa shape index (κ3) is 4.05. The smallest absolute Gasteiger partial charge is 0.368 e. The van der Waals surface area contributed by atoms with E-state index in [2.05, 4.69) is 5.16 Å². The number of carbonyl (C=O) groups excluding carboxylic acids is 1. The molecule has 0 spiro atoms. The van der Waals surface area contributed by atoms with Crippen molar-refractivity contribution in [2.45, 2.75) is 6.18 Å². The number of aromatic nitrogens is 1. The Kier molecular flexibility index (Phi) is 5.30. The molecule has 1 aromatic heterocycles. The first-order valence-corrected chi connectivity index (χ1v) is 9.47. The third-order valence-electron chi connectivity index (χ3n) is 5.17. The van der Waals surface area contributed by atoms with Crippen LogP contribution in [0.25, 0.3) is 11.3 Å². The maximum atomic E-state index is 14.2. The number of amides is 1. The van der Waals surface area contributed by atoms with Gasteiger partial charge in [-0.3, -0.25) is 4.79 Å². The molecule has 0 bridgehead atoms. The van der Waals surface area contributed by atoms with Crippen molar-refractivity contribution < 1.29 is 26.9 Å². The lowest BCUT2D eigenvalue weighted by molar-refractivity contribution is -0.137. The summed E-state index contributed by atoms with van der Waals surface area (Å²) in [6, 6.07) is 10.9. The molecule has 1 saturated heterocycles. The Morgan fingerprint density at radius 1 is 1.03 bits per heavy atom. The molecule has 6 nitrogen and oxygen atoms in total. The minimum atomic E-state index is -4.43. The molecule has 2 N–H and O–H groups in total. The number of hydrogen-bond donors (Lipinski definition) is 1. The van der Waals surface area contributed by atoms with Crippen molar-refractivity contribution in [3.8, 4) is 11.3 Å². The molecule has 1 aliphatic rings. The van der Waals surface area contributed by atoms with Gasteiger partial charge in [-0.15, -0.1) is 0 Å². The molecule has 2 heterocycles. The Labute approximate surface area is 174 Å². The van der Waals surface area contributed by atoms with Gasteiger partial charge in [-0.1, -0.05) is 23.4 Å². The number of nitrogens with zero attached hydrogens (tertiary/aromatic N) is 3. The lowest BCUT2D eigenvalue weighted by Crippen LogP contribution is -2.49. The summed E-state index contributed by atoms with van der Waals surface area (Å²) >= 11 is 0. The van der Waals surface area contributed by atoms with Gasteiger partial charge in [0.2, 0.25) is 5.88 Å². The highest BCUT2D eigenvalue weighted by Gasteiger charge is 2.32. The molecule has 0 aliphatic carbocycles. The number of hydrogen-bond acceptors (Lipinski definition) is 5. The number of rotatable bonds is 3. The van der Waals surface area contributed by atoms with Crippen molar-refractivity contribution in [1.29, 1.82) is 0 Å². The topological polar surface area (TPSA) is 75.6 Å². The van der Waals surface area contributed by atoms with Crippen molar-refractivity contribution in [3.63, 3.8) is 0 Å². The summed E-state index contributed by atoms with van der Waals surface area (Å²) in [5.74, 6) is -1.26. The highest BCUT2D eigenvalue weighted by atomic mass is 19.4. The zero-order chi connectivity index (χ0) is 22.2. The van der Waals surface area contributed by atoms with Crippen LogP contribution in [0, 0.1) is 5.82 Å². The molecule has 0 saturated carbocycles. The molecule has 3 aromatic rings. The van der Waals surface area contributed by atoms with E-state index in [0.717, 1.165) is 12.1 Å². The van der Waals surface area contributed by atoms with Crippen LogP contribution in [0.4, 0.5) is 29.1 Å². The third-order valence-corrected chi connectivity index (χ3v) is 5.17. The van der Waals surface area contributed by atoms with Crippen LogP contribution in [0.3, 0.4) is 0 Å². The van der Waals surface area contributed by atoms with E-state index in [0.29, 0.717) is 18.8 Å². The van der Waals surface area contributed by atoms with E-state index in [1.165, 1.54) is 29.2 Å². The molecule has 1 aliphatic heterocycles. The van der Waals surface area contributed by atoms with E-state index in [-0.39, 0.29) is 35.8 Å². The molecule has 1 fully saturated rings. The monoisotopic (exact) mass is 434 g/mol. The molecule has 4 rings (SSSR count). The van der Waals surface area contributed by atoms with E-state index in [1.807, 2.05) is 0 Å². The summed E-state index contributed by atoms with van der Waals surface area (Å²) in [4.78, 5) is 16.3.